The van der Waals surface area contributed by atoms with E-state index in [0.29, 0.717) is 36.0 Å². The third-order valence-electron chi connectivity index (χ3n) is 5.79. The van der Waals surface area contributed by atoms with E-state index < -0.39 is 0 Å². The average Bonchev–Trinajstić information content (AvgIpc) is 3.08. The minimum Gasteiger partial charge on any atom is -0.354 e. The minimum absolute atomic E-state index is 0.0636. The lowest BCUT2D eigenvalue weighted by molar-refractivity contribution is -0.122. The smallest absolute Gasteiger partial charge is 0.273 e. The summed E-state index contributed by atoms with van der Waals surface area (Å²) in [5.74, 6) is 0.253. The molecule has 1 aliphatic carbocycles. The Hall–Kier alpha value is -3.20. The number of rotatable bonds is 5. The molecule has 2 heterocycles. The number of benzene rings is 1. The zero-order chi connectivity index (χ0) is 20.2. The molecule has 29 heavy (non-hydrogen) atoms. The molecule has 0 bridgehead atoms. The summed E-state index contributed by atoms with van der Waals surface area (Å²) in [6.45, 7) is 1.18. The lowest BCUT2D eigenvalue weighted by Crippen LogP contribution is -2.39. The van der Waals surface area contributed by atoms with E-state index in [2.05, 4.69) is 16.4 Å². The zero-order valence-electron chi connectivity index (χ0n) is 16.4. The van der Waals surface area contributed by atoms with Crippen LogP contribution in [-0.4, -0.2) is 34.8 Å². The van der Waals surface area contributed by atoms with Gasteiger partial charge in [-0.05, 0) is 37.0 Å². The highest BCUT2D eigenvalue weighted by Gasteiger charge is 2.30. The lowest BCUT2D eigenvalue weighted by atomic mass is 9.89. The van der Waals surface area contributed by atoms with Crippen molar-refractivity contribution in [2.24, 2.45) is 5.92 Å². The second-order valence-corrected chi connectivity index (χ2v) is 7.86. The average molecular weight is 388 g/mol. The van der Waals surface area contributed by atoms with Crippen molar-refractivity contribution in [3.05, 3.63) is 53.2 Å². The normalized spacial score (nSPS) is 16.4. The second kappa shape index (κ2) is 8.44. The van der Waals surface area contributed by atoms with Crippen molar-refractivity contribution in [2.45, 2.75) is 38.6 Å². The molecule has 1 aromatic heterocycles. The molecular formula is C23H24N4O2. The maximum atomic E-state index is 12.8. The van der Waals surface area contributed by atoms with Gasteiger partial charge in [-0.2, -0.15) is 5.26 Å². The van der Waals surface area contributed by atoms with E-state index in [4.69, 9.17) is 5.26 Å². The molecule has 1 aliphatic heterocycles. The molecule has 1 fully saturated rings. The first-order valence-corrected chi connectivity index (χ1v) is 10.2. The van der Waals surface area contributed by atoms with Crippen molar-refractivity contribution in [2.75, 3.05) is 13.1 Å². The molecular weight excluding hydrogens is 364 g/mol. The standard InChI is InChI=1S/C23H24N4O2/c24-12-16-6-8-18(9-7-16)20-11-10-19-14-27(23(29)22(19)26-20)15-21(28)25-13-17-4-2-1-3-5-17/h6-11,17H,1-5,13-15H2,(H,25,28). The van der Waals surface area contributed by atoms with Crippen LogP contribution in [0.25, 0.3) is 11.3 Å². The van der Waals surface area contributed by atoms with Gasteiger partial charge in [0.2, 0.25) is 5.91 Å². The van der Waals surface area contributed by atoms with Crippen LogP contribution in [0.2, 0.25) is 0 Å². The molecule has 2 aliphatic rings. The third kappa shape index (κ3) is 4.29. The van der Waals surface area contributed by atoms with Gasteiger partial charge in [0.1, 0.15) is 12.2 Å². The summed E-state index contributed by atoms with van der Waals surface area (Å²) in [6.07, 6.45) is 6.14. The highest BCUT2D eigenvalue weighted by atomic mass is 16.2. The Morgan fingerprint density at radius 2 is 1.90 bits per heavy atom. The number of aromatic nitrogens is 1. The van der Waals surface area contributed by atoms with Gasteiger partial charge in [-0.15, -0.1) is 0 Å². The van der Waals surface area contributed by atoms with Crippen LogP contribution in [0.5, 0.6) is 0 Å². The molecule has 0 spiro atoms. The van der Waals surface area contributed by atoms with Crippen molar-refractivity contribution < 1.29 is 9.59 Å². The van der Waals surface area contributed by atoms with Crippen LogP contribution < -0.4 is 5.32 Å². The van der Waals surface area contributed by atoms with Gasteiger partial charge in [0, 0.05) is 24.2 Å². The van der Waals surface area contributed by atoms with E-state index in [1.165, 1.54) is 32.1 Å². The van der Waals surface area contributed by atoms with Gasteiger partial charge >= 0.3 is 0 Å². The Labute approximate surface area is 170 Å². The summed E-state index contributed by atoms with van der Waals surface area (Å²) < 4.78 is 0. The number of hydrogen-bond acceptors (Lipinski definition) is 4. The molecule has 148 valence electrons. The first-order valence-electron chi connectivity index (χ1n) is 10.2. The van der Waals surface area contributed by atoms with Gasteiger partial charge in [0.25, 0.3) is 5.91 Å². The SMILES string of the molecule is N#Cc1ccc(-c2ccc3c(n2)C(=O)N(CC(=O)NCC2CCCCC2)C3)cc1. The van der Waals surface area contributed by atoms with Crippen molar-refractivity contribution in [3.8, 4) is 17.3 Å². The van der Waals surface area contributed by atoms with Gasteiger partial charge in [-0.1, -0.05) is 37.5 Å². The number of nitrogens with zero attached hydrogens (tertiary/aromatic N) is 3. The molecule has 2 amide bonds. The molecule has 6 nitrogen and oxygen atoms in total. The lowest BCUT2D eigenvalue weighted by Gasteiger charge is -2.22. The Bertz CT molecular complexity index is 956. The Morgan fingerprint density at radius 3 is 2.62 bits per heavy atom. The van der Waals surface area contributed by atoms with Crippen LogP contribution in [-0.2, 0) is 11.3 Å². The third-order valence-corrected chi connectivity index (χ3v) is 5.79. The summed E-state index contributed by atoms with van der Waals surface area (Å²) in [5.41, 5.74) is 3.37. The highest BCUT2D eigenvalue weighted by molar-refractivity contribution is 5.99. The number of nitrogens with one attached hydrogen (secondary N) is 1. The largest absolute Gasteiger partial charge is 0.354 e. The number of nitriles is 1. The summed E-state index contributed by atoms with van der Waals surface area (Å²) in [6, 6.07) is 13.0. The maximum Gasteiger partial charge on any atom is 0.273 e. The number of hydrogen-bond donors (Lipinski definition) is 1. The summed E-state index contributed by atoms with van der Waals surface area (Å²) in [5, 5.41) is 11.9. The van der Waals surface area contributed by atoms with Crippen LogP contribution in [0.4, 0.5) is 0 Å². The van der Waals surface area contributed by atoms with Gasteiger partial charge < -0.3 is 10.2 Å². The van der Waals surface area contributed by atoms with Gasteiger partial charge in [0.15, 0.2) is 0 Å². The quantitative estimate of drug-likeness (QED) is 0.852. The Kier molecular flexibility index (Phi) is 5.57. The van der Waals surface area contributed by atoms with E-state index in [1.807, 2.05) is 24.3 Å². The topological polar surface area (TPSA) is 86.1 Å². The molecule has 1 aromatic carbocycles. The van der Waals surface area contributed by atoms with Crippen LogP contribution in [0.15, 0.2) is 36.4 Å². The predicted molar refractivity (Wildman–Crippen MR) is 109 cm³/mol. The first-order chi connectivity index (χ1) is 14.1. The molecule has 0 saturated heterocycles. The predicted octanol–water partition coefficient (Wildman–Crippen LogP) is 3.27. The van der Waals surface area contributed by atoms with Gasteiger partial charge in [0.05, 0.1) is 17.3 Å². The second-order valence-electron chi connectivity index (χ2n) is 7.86. The van der Waals surface area contributed by atoms with E-state index in [1.54, 1.807) is 17.0 Å². The van der Waals surface area contributed by atoms with Crippen molar-refractivity contribution >= 4 is 11.8 Å². The van der Waals surface area contributed by atoms with Crippen LogP contribution >= 0.6 is 0 Å². The number of carbonyl (C=O) groups is 2. The fraction of sp³-hybridized carbons (Fsp3) is 0.391. The molecule has 2 aromatic rings. The summed E-state index contributed by atoms with van der Waals surface area (Å²) in [7, 11) is 0. The number of carbonyl (C=O) groups excluding carboxylic acids is 2. The fourth-order valence-electron chi connectivity index (χ4n) is 4.11. The summed E-state index contributed by atoms with van der Waals surface area (Å²) >= 11 is 0. The zero-order valence-corrected chi connectivity index (χ0v) is 16.4. The van der Waals surface area contributed by atoms with Crippen molar-refractivity contribution in [1.29, 1.82) is 5.26 Å². The van der Waals surface area contributed by atoms with Crippen LogP contribution in [0.3, 0.4) is 0 Å². The number of fused-ring (bicyclic) bond motifs is 1. The minimum atomic E-state index is -0.205. The van der Waals surface area contributed by atoms with Gasteiger partial charge in [-0.3, -0.25) is 9.59 Å². The van der Waals surface area contributed by atoms with Gasteiger partial charge in [-0.25, -0.2) is 4.98 Å². The van der Waals surface area contributed by atoms with Crippen LogP contribution in [0.1, 0.15) is 53.7 Å². The van der Waals surface area contributed by atoms with Crippen molar-refractivity contribution in [3.63, 3.8) is 0 Å². The molecule has 4 rings (SSSR count). The Balaban J connectivity index is 1.39. The van der Waals surface area contributed by atoms with Crippen molar-refractivity contribution in [1.82, 2.24) is 15.2 Å². The molecule has 0 radical (unpaired) electrons. The van der Waals surface area contributed by atoms with E-state index in [9.17, 15) is 9.59 Å². The fourth-order valence-corrected chi connectivity index (χ4v) is 4.11. The molecule has 0 atom stereocenters. The monoisotopic (exact) mass is 388 g/mol. The Morgan fingerprint density at radius 1 is 1.14 bits per heavy atom. The molecule has 1 N–H and O–H groups in total. The molecule has 6 heteroatoms. The molecule has 0 unspecified atom stereocenters. The maximum absolute atomic E-state index is 12.8. The van der Waals surface area contributed by atoms with E-state index >= 15 is 0 Å². The first kappa shape index (κ1) is 19.1. The van der Waals surface area contributed by atoms with Crippen LogP contribution in [0, 0.1) is 17.2 Å². The van der Waals surface area contributed by atoms with E-state index in [0.717, 1.165) is 11.1 Å². The number of pyridine rings is 1. The van der Waals surface area contributed by atoms with E-state index in [-0.39, 0.29) is 18.4 Å². The number of amides is 2. The highest BCUT2D eigenvalue weighted by Crippen LogP contribution is 2.26. The molecule has 1 saturated carbocycles. The summed E-state index contributed by atoms with van der Waals surface area (Å²) in [4.78, 5) is 31.2.